The molecular weight excluding hydrogens is 322 g/mol. The summed E-state index contributed by atoms with van der Waals surface area (Å²) in [5, 5.41) is 5.71. The number of imidazole rings is 1. The summed E-state index contributed by atoms with van der Waals surface area (Å²) < 4.78 is 7.90. The van der Waals surface area contributed by atoms with Crippen LogP contribution in [0.4, 0.5) is 5.13 Å². The molecule has 126 valence electrons. The van der Waals surface area contributed by atoms with Crippen LogP contribution in [0.1, 0.15) is 32.9 Å². The maximum atomic E-state index is 6.00. The van der Waals surface area contributed by atoms with Gasteiger partial charge in [-0.15, -0.1) is 5.10 Å². The van der Waals surface area contributed by atoms with Gasteiger partial charge >= 0.3 is 0 Å². The number of aromatic nitrogens is 4. The summed E-state index contributed by atoms with van der Waals surface area (Å²) in [5.74, 6) is 0.827. The number of anilines is 1. The summed E-state index contributed by atoms with van der Waals surface area (Å²) in [6.07, 6.45) is 6.72. The Labute approximate surface area is 145 Å². The molecule has 24 heavy (non-hydrogen) atoms. The van der Waals surface area contributed by atoms with Crippen molar-refractivity contribution in [2.45, 2.75) is 38.7 Å². The van der Waals surface area contributed by atoms with Gasteiger partial charge in [0.25, 0.3) is 0 Å². The van der Waals surface area contributed by atoms with E-state index in [0.717, 1.165) is 41.0 Å². The van der Waals surface area contributed by atoms with Gasteiger partial charge in [0.15, 0.2) is 0 Å². The molecule has 0 radical (unpaired) electrons. The van der Waals surface area contributed by atoms with Gasteiger partial charge in [0.1, 0.15) is 11.9 Å². The Hall–Kier alpha value is -2.15. The first kappa shape index (κ1) is 15.4. The highest BCUT2D eigenvalue weighted by molar-refractivity contribution is 7.20. The Bertz CT molecular complexity index is 804. The number of ether oxygens (including phenoxy) is 1. The summed E-state index contributed by atoms with van der Waals surface area (Å²) in [6.45, 7) is 8.30. The molecular formula is C17H21N5OS. The van der Waals surface area contributed by atoms with E-state index in [1.54, 1.807) is 23.7 Å². The molecule has 7 heteroatoms. The molecule has 0 bridgehead atoms. The van der Waals surface area contributed by atoms with Crippen LogP contribution in [0, 0.1) is 0 Å². The van der Waals surface area contributed by atoms with Crippen LogP contribution in [0.2, 0.25) is 0 Å². The Kier molecular flexibility index (Phi) is 3.68. The molecule has 3 aromatic heterocycles. The maximum Gasteiger partial charge on any atom is 0.214 e. The van der Waals surface area contributed by atoms with Crippen molar-refractivity contribution < 1.29 is 4.74 Å². The molecule has 0 unspecified atom stereocenters. The number of pyridine rings is 1. The molecule has 4 rings (SSSR count). The second-order valence-electron chi connectivity index (χ2n) is 7.15. The van der Waals surface area contributed by atoms with E-state index in [0.29, 0.717) is 0 Å². The lowest BCUT2D eigenvalue weighted by atomic mass is 9.93. The molecule has 1 aliphatic rings. The smallest absolute Gasteiger partial charge is 0.214 e. The zero-order valence-electron chi connectivity index (χ0n) is 14.1. The number of hydrogen-bond acceptors (Lipinski definition) is 6. The predicted molar refractivity (Wildman–Crippen MR) is 95.0 cm³/mol. The second-order valence-corrected chi connectivity index (χ2v) is 8.09. The van der Waals surface area contributed by atoms with E-state index in [1.165, 1.54) is 0 Å². The van der Waals surface area contributed by atoms with Crippen molar-refractivity contribution in [3.63, 3.8) is 0 Å². The van der Waals surface area contributed by atoms with Gasteiger partial charge in [-0.25, -0.2) is 9.50 Å². The minimum atomic E-state index is 0.0455. The average molecular weight is 343 g/mol. The zero-order chi connectivity index (χ0) is 16.7. The van der Waals surface area contributed by atoms with Crippen molar-refractivity contribution in [1.29, 1.82) is 0 Å². The molecule has 0 amide bonds. The summed E-state index contributed by atoms with van der Waals surface area (Å²) in [6, 6.07) is 3.84. The average Bonchev–Trinajstić information content (AvgIpc) is 3.20. The molecule has 4 heterocycles. The first-order chi connectivity index (χ1) is 11.5. The topological polar surface area (TPSA) is 55.5 Å². The van der Waals surface area contributed by atoms with Crippen LogP contribution in [-0.2, 0) is 5.41 Å². The number of hydrogen-bond donors (Lipinski definition) is 0. The SMILES string of the molecule is CC(C)(C)c1cn2nc(N3CC[C@@H](Oc4cccnc4)C3)sc2n1. The lowest BCUT2D eigenvalue weighted by Gasteiger charge is -2.15. The predicted octanol–water partition coefficient (Wildman–Crippen LogP) is 3.14. The zero-order valence-corrected chi connectivity index (χ0v) is 15.0. The highest BCUT2D eigenvalue weighted by Crippen LogP contribution is 2.30. The second kappa shape index (κ2) is 5.73. The van der Waals surface area contributed by atoms with Crippen molar-refractivity contribution in [1.82, 2.24) is 19.6 Å². The molecule has 1 aliphatic heterocycles. The van der Waals surface area contributed by atoms with Crippen LogP contribution in [0.25, 0.3) is 4.96 Å². The maximum absolute atomic E-state index is 6.00. The minimum Gasteiger partial charge on any atom is -0.487 e. The van der Waals surface area contributed by atoms with Crippen molar-refractivity contribution >= 4 is 21.4 Å². The third-order valence-corrected chi connectivity index (χ3v) is 5.14. The summed E-state index contributed by atoms with van der Waals surface area (Å²) in [4.78, 5) is 12.0. The van der Waals surface area contributed by atoms with Crippen molar-refractivity contribution in [2.24, 2.45) is 0 Å². The molecule has 3 aromatic rings. The van der Waals surface area contributed by atoms with Crippen LogP contribution in [0.15, 0.2) is 30.7 Å². The summed E-state index contributed by atoms with van der Waals surface area (Å²) in [7, 11) is 0. The van der Waals surface area contributed by atoms with Crippen LogP contribution < -0.4 is 9.64 Å². The van der Waals surface area contributed by atoms with Crippen molar-refractivity contribution in [2.75, 3.05) is 18.0 Å². The fourth-order valence-electron chi connectivity index (χ4n) is 2.79. The fraction of sp³-hybridized carbons (Fsp3) is 0.471. The standard InChI is InChI=1S/C17H21N5OS/c1-17(2,3)14-11-22-15(19-14)24-16(20-22)21-8-6-13(10-21)23-12-5-4-7-18-9-12/h4-5,7,9,11,13H,6,8,10H2,1-3H3/t13-/m1/s1. The van der Waals surface area contributed by atoms with Crippen LogP contribution in [0.3, 0.4) is 0 Å². The van der Waals surface area contributed by atoms with E-state index in [4.69, 9.17) is 14.8 Å². The Morgan fingerprint density at radius 2 is 2.21 bits per heavy atom. The van der Waals surface area contributed by atoms with Crippen LogP contribution in [0.5, 0.6) is 5.75 Å². The van der Waals surface area contributed by atoms with Gasteiger partial charge < -0.3 is 9.64 Å². The highest BCUT2D eigenvalue weighted by Gasteiger charge is 2.27. The van der Waals surface area contributed by atoms with Gasteiger partial charge in [-0.1, -0.05) is 32.1 Å². The normalized spacial score (nSPS) is 18.5. The van der Waals surface area contributed by atoms with Gasteiger partial charge in [0, 0.05) is 24.6 Å². The van der Waals surface area contributed by atoms with Gasteiger partial charge in [0.2, 0.25) is 10.1 Å². The number of fused-ring (bicyclic) bond motifs is 1. The van der Waals surface area contributed by atoms with Gasteiger partial charge in [0.05, 0.1) is 24.6 Å². The molecule has 0 aromatic carbocycles. The summed E-state index contributed by atoms with van der Waals surface area (Å²) >= 11 is 1.64. The monoisotopic (exact) mass is 343 g/mol. The molecule has 0 spiro atoms. The summed E-state index contributed by atoms with van der Waals surface area (Å²) in [5.41, 5.74) is 1.12. The van der Waals surface area contributed by atoms with Crippen LogP contribution >= 0.6 is 11.3 Å². The number of nitrogens with zero attached hydrogens (tertiary/aromatic N) is 5. The molecule has 1 atom stereocenters. The molecule has 1 saturated heterocycles. The largest absolute Gasteiger partial charge is 0.487 e. The van der Waals surface area contributed by atoms with Crippen molar-refractivity contribution in [3.05, 3.63) is 36.4 Å². The van der Waals surface area contributed by atoms with E-state index in [2.05, 4.69) is 30.7 Å². The lowest BCUT2D eigenvalue weighted by molar-refractivity contribution is 0.224. The van der Waals surface area contributed by atoms with E-state index in [9.17, 15) is 0 Å². The quantitative estimate of drug-likeness (QED) is 0.731. The molecule has 1 fully saturated rings. The first-order valence-electron chi connectivity index (χ1n) is 8.17. The fourth-order valence-corrected chi connectivity index (χ4v) is 3.70. The highest BCUT2D eigenvalue weighted by atomic mass is 32.1. The molecule has 0 saturated carbocycles. The van der Waals surface area contributed by atoms with Gasteiger partial charge in [-0.3, -0.25) is 4.98 Å². The van der Waals surface area contributed by atoms with Crippen LogP contribution in [-0.4, -0.2) is 38.8 Å². The Morgan fingerprint density at radius 1 is 1.33 bits per heavy atom. The molecule has 6 nitrogen and oxygen atoms in total. The van der Waals surface area contributed by atoms with Crippen molar-refractivity contribution in [3.8, 4) is 5.75 Å². The van der Waals surface area contributed by atoms with Gasteiger partial charge in [-0.2, -0.15) is 0 Å². The van der Waals surface area contributed by atoms with Gasteiger partial charge in [-0.05, 0) is 12.1 Å². The molecule has 0 aliphatic carbocycles. The third kappa shape index (κ3) is 2.96. The van der Waals surface area contributed by atoms with E-state index < -0.39 is 0 Å². The Morgan fingerprint density at radius 3 is 2.92 bits per heavy atom. The Balaban J connectivity index is 1.47. The lowest BCUT2D eigenvalue weighted by Crippen LogP contribution is -2.24. The number of rotatable bonds is 3. The van der Waals surface area contributed by atoms with E-state index >= 15 is 0 Å². The minimum absolute atomic E-state index is 0.0455. The van der Waals surface area contributed by atoms with E-state index in [-0.39, 0.29) is 11.5 Å². The van der Waals surface area contributed by atoms with E-state index in [1.807, 2.05) is 22.8 Å². The third-order valence-electron chi connectivity index (χ3n) is 4.15. The first-order valence-corrected chi connectivity index (χ1v) is 8.99. The molecule has 0 N–H and O–H groups in total.